The van der Waals surface area contributed by atoms with Gasteiger partial charge < -0.3 is 10.1 Å². The molecule has 1 aliphatic heterocycles. The summed E-state index contributed by atoms with van der Waals surface area (Å²) in [6, 6.07) is 6.26. The van der Waals surface area contributed by atoms with Crippen LogP contribution >= 0.6 is 15.9 Å². The molecule has 1 fully saturated rings. The maximum Gasteiger partial charge on any atom is 0.0594 e. The quantitative estimate of drug-likeness (QED) is 0.924. The molecule has 0 radical (unpaired) electrons. The molecule has 1 saturated heterocycles. The van der Waals surface area contributed by atoms with E-state index < -0.39 is 0 Å². The topological polar surface area (TPSA) is 24.5 Å². The zero-order valence-corrected chi connectivity index (χ0v) is 11.8. The number of anilines is 1. The summed E-state index contributed by atoms with van der Waals surface area (Å²) >= 11 is 3.55. The van der Waals surface area contributed by atoms with Crippen LogP contribution in [0.15, 0.2) is 22.7 Å². The number of hydrogen-bond acceptors (Lipinski definition) is 3. The Morgan fingerprint density at radius 1 is 1.35 bits per heavy atom. The van der Waals surface area contributed by atoms with Crippen LogP contribution in [0.2, 0.25) is 0 Å². The van der Waals surface area contributed by atoms with Gasteiger partial charge >= 0.3 is 0 Å². The van der Waals surface area contributed by atoms with E-state index in [1.54, 1.807) is 0 Å². The minimum Gasteiger partial charge on any atom is -0.384 e. The van der Waals surface area contributed by atoms with Crippen molar-refractivity contribution in [1.29, 1.82) is 0 Å². The number of benzene rings is 1. The highest BCUT2D eigenvalue weighted by Crippen LogP contribution is 2.23. The Morgan fingerprint density at radius 3 is 2.88 bits per heavy atom. The molecule has 0 aromatic heterocycles. The molecule has 0 saturated carbocycles. The average Bonchev–Trinajstić information content (AvgIpc) is 2.36. The number of morpholine rings is 1. The second-order valence-electron chi connectivity index (χ2n) is 4.29. The van der Waals surface area contributed by atoms with Crippen LogP contribution in [0.25, 0.3) is 0 Å². The highest BCUT2D eigenvalue weighted by Gasteiger charge is 2.09. The van der Waals surface area contributed by atoms with Crippen molar-refractivity contribution in [2.75, 3.05) is 44.7 Å². The van der Waals surface area contributed by atoms with Crippen molar-refractivity contribution in [3.05, 3.63) is 28.2 Å². The molecule has 3 nitrogen and oxygen atoms in total. The maximum atomic E-state index is 5.33. The van der Waals surface area contributed by atoms with Crippen molar-refractivity contribution in [3.63, 3.8) is 0 Å². The summed E-state index contributed by atoms with van der Waals surface area (Å²) in [5.41, 5.74) is 2.49. The Labute approximate surface area is 111 Å². The van der Waals surface area contributed by atoms with Crippen molar-refractivity contribution in [1.82, 2.24) is 4.90 Å². The molecule has 1 N–H and O–H groups in total. The first-order chi connectivity index (χ1) is 8.27. The highest BCUT2D eigenvalue weighted by atomic mass is 79.9. The van der Waals surface area contributed by atoms with Gasteiger partial charge in [0.25, 0.3) is 0 Å². The fourth-order valence-corrected chi connectivity index (χ4v) is 2.34. The number of halogens is 1. The molecule has 1 aromatic carbocycles. The van der Waals surface area contributed by atoms with Crippen LogP contribution in [0, 0.1) is 6.92 Å². The van der Waals surface area contributed by atoms with E-state index >= 15 is 0 Å². The molecule has 0 spiro atoms. The minimum absolute atomic E-state index is 0.871. The molecule has 0 amide bonds. The highest BCUT2D eigenvalue weighted by molar-refractivity contribution is 9.10. The molecule has 0 bridgehead atoms. The van der Waals surface area contributed by atoms with Gasteiger partial charge in [0.05, 0.1) is 13.2 Å². The molecule has 17 heavy (non-hydrogen) atoms. The average molecular weight is 299 g/mol. The van der Waals surface area contributed by atoms with E-state index in [2.05, 4.69) is 51.3 Å². The van der Waals surface area contributed by atoms with Crippen molar-refractivity contribution >= 4 is 21.6 Å². The van der Waals surface area contributed by atoms with Gasteiger partial charge in [-0.15, -0.1) is 0 Å². The van der Waals surface area contributed by atoms with Gasteiger partial charge in [-0.1, -0.05) is 22.0 Å². The van der Waals surface area contributed by atoms with Crippen LogP contribution in [0.1, 0.15) is 5.56 Å². The Kier molecular flexibility index (Phi) is 4.83. The summed E-state index contributed by atoms with van der Waals surface area (Å²) in [7, 11) is 0. The van der Waals surface area contributed by atoms with Crippen LogP contribution in [-0.4, -0.2) is 44.3 Å². The third-order valence-electron chi connectivity index (χ3n) is 3.11. The monoisotopic (exact) mass is 298 g/mol. The first-order valence-electron chi connectivity index (χ1n) is 6.06. The third kappa shape index (κ3) is 3.69. The summed E-state index contributed by atoms with van der Waals surface area (Å²) in [6.07, 6.45) is 0. The van der Waals surface area contributed by atoms with Gasteiger partial charge in [-0.2, -0.15) is 0 Å². The third-order valence-corrected chi connectivity index (χ3v) is 3.97. The zero-order valence-electron chi connectivity index (χ0n) is 10.2. The molecule has 0 unspecified atom stereocenters. The number of nitrogens with zero attached hydrogens (tertiary/aromatic N) is 1. The van der Waals surface area contributed by atoms with Gasteiger partial charge in [0.2, 0.25) is 0 Å². The Hall–Kier alpha value is -0.580. The molecule has 1 aromatic rings. The smallest absolute Gasteiger partial charge is 0.0594 e. The SMILES string of the molecule is Cc1c(Br)cccc1NCCN1CCOCC1. The van der Waals surface area contributed by atoms with Crippen LogP contribution in [0.4, 0.5) is 5.69 Å². The summed E-state index contributed by atoms with van der Waals surface area (Å²) in [5.74, 6) is 0. The number of ether oxygens (including phenoxy) is 1. The fraction of sp³-hybridized carbons (Fsp3) is 0.538. The number of hydrogen-bond donors (Lipinski definition) is 1. The standard InChI is InChI=1S/C13H19BrN2O/c1-11-12(14)3-2-4-13(11)15-5-6-16-7-9-17-10-8-16/h2-4,15H,5-10H2,1H3. The molecular weight excluding hydrogens is 280 g/mol. The van der Waals surface area contributed by atoms with Gasteiger partial charge in [-0.3, -0.25) is 4.90 Å². The minimum atomic E-state index is 0.871. The van der Waals surface area contributed by atoms with Crippen LogP contribution < -0.4 is 5.32 Å². The zero-order chi connectivity index (χ0) is 12.1. The van der Waals surface area contributed by atoms with E-state index in [0.717, 1.165) is 43.9 Å². The molecule has 0 aliphatic carbocycles. The summed E-state index contributed by atoms with van der Waals surface area (Å²) in [5, 5.41) is 3.49. The van der Waals surface area contributed by atoms with Gasteiger partial charge in [0, 0.05) is 36.3 Å². The largest absolute Gasteiger partial charge is 0.384 e. The van der Waals surface area contributed by atoms with E-state index in [-0.39, 0.29) is 0 Å². The molecule has 1 heterocycles. The van der Waals surface area contributed by atoms with Gasteiger partial charge in [0.1, 0.15) is 0 Å². The lowest BCUT2D eigenvalue weighted by Crippen LogP contribution is -2.39. The maximum absolute atomic E-state index is 5.33. The lowest BCUT2D eigenvalue weighted by Gasteiger charge is -2.26. The van der Waals surface area contributed by atoms with Crippen molar-refractivity contribution in [2.45, 2.75) is 6.92 Å². The molecule has 0 atom stereocenters. The lowest BCUT2D eigenvalue weighted by molar-refractivity contribution is 0.0398. The second kappa shape index (κ2) is 6.38. The first-order valence-corrected chi connectivity index (χ1v) is 6.86. The van der Waals surface area contributed by atoms with Gasteiger partial charge in [0.15, 0.2) is 0 Å². The van der Waals surface area contributed by atoms with Crippen molar-refractivity contribution in [3.8, 4) is 0 Å². The number of nitrogens with one attached hydrogen (secondary N) is 1. The molecule has 94 valence electrons. The lowest BCUT2D eigenvalue weighted by atomic mass is 10.2. The molecule has 1 aliphatic rings. The summed E-state index contributed by atoms with van der Waals surface area (Å²) < 4.78 is 6.49. The van der Waals surface area contributed by atoms with E-state index in [4.69, 9.17) is 4.74 Å². The summed E-state index contributed by atoms with van der Waals surface area (Å²) in [6.45, 7) is 8.04. The van der Waals surface area contributed by atoms with E-state index in [1.807, 2.05) is 0 Å². The van der Waals surface area contributed by atoms with Crippen LogP contribution in [0.5, 0.6) is 0 Å². The molecule has 2 rings (SSSR count). The van der Waals surface area contributed by atoms with Crippen LogP contribution in [-0.2, 0) is 4.74 Å². The Balaban J connectivity index is 1.79. The van der Waals surface area contributed by atoms with E-state index in [1.165, 1.54) is 11.3 Å². The van der Waals surface area contributed by atoms with E-state index in [0.29, 0.717) is 0 Å². The second-order valence-corrected chi connectivity index (χ2v) is 5.15. The Morgan fingerprint density at radius 2 is 2.12 bits per heavy atom. The molecular formula is C13H19BrN2O. The Bertz CT molecular complexity index is 364. The van der Waals surface area contributed by atoms with Crippen molar-refractivity contribution < 1.29 is 4.74 Å². The predicted molar refractivity (Wildman–Crippen MR) is 74.6 cm³/mol. The number of rotatable bonds is 4. The van der Waals surface area contributed by atoms with Gasteiger partial charge in [-0.05, 0) is 24.6 Å². The van der Waals surface area contributed by atoms with Crippen molar-refractivity contribution in [2.24, 2.45) is 0 Å². The van der Waals surface area contributed by atoms with Crippen LogP contribution in [0.3, 0.4) is 0 Å². The first kappa shape index (κ1) is 12.9. The predicted octanol–water partition coefficient (Wildman–Crippen LogP) is 2.50. The van der Waals surface area contributed by atoms with E-state index in [9.17, 15) is 0 Å². The summed E-state index contributed by atoms with van der Waals surface area (Å²) in [4.78, 5) is 2.43. The van der Waals surface area contributed by atoms with Gasteiger partial charge in [-0.25, -0.2) is 0 Å². The molecule has 4 heteroatoms. The normalized spacial score (nSPS) is 17.1. The fourth-order valence-electron chi connectivity index (χ4n) is 1.97.